The lowest BCUT2D eigenvalue weighted by Crippen LogP contribution is -2.62. The average Bonchev–Trinajstić information content (AvgIpc) is 2.76. The Morgan fingerprint density at radius 2 is 2.00 bits per heavy atom. The van der Waals surface area contributed by atoms with Crippen LogP contribution in [0.15, 0.2) is 40.3 Å². The van der Waals surface area contributed by atoms with E-state index in [1.165, 1.54) is 32.4 Å². The number of hydrogen-bond acceptors (Lipinski definition) is 10. The molecule has 0 amide bonds. The highest BCUT2D eigenvalue weighted by Crippen LogP contribution is 2.35. The lowest BCUT2D eigenvalue weighted by Gasteiger charge is -2.43. The fourth-order valence-corrected chi connectivity index (χ4v) is 3.65. The number of benzene rings is 1. The normalized spacial score (nSPS) is 27.1. The van der Waals surface area contributed by atoms with Crippen LogP contribution >= 0.6 is 0 Å². The third-order valence-electron chi connectivity index (χ3n) is 5.30. The number of H-pyrrole nitrogens is 1. The molecule has 31 heavy (non-hydrogen) atoms. The molecule has 4 N–H and O–H groups in total. The summed E-state index contributed by atoms with van der Waals surface area (Å²) in [6, 6.07) is 4.62. The van der Waals surface area contributed by atoms with Crippen LogP contribution in [0.25, 0.3) is 10.9 Å². The standard InChI is InChI=1S/C20H20N2O9/c1-28-12-5-3-9-7-13(18(25)21-15(9)16(12)29-2)30-19(26)10-8-20(27)14(24)6-4-11(23)17(20)31-22-10/h3-7,11,14,17,23-24,27H,8H2,1-2H3,(H,21,25)/t11-,14-,17+,20+/m0/s1. The molecule has 11 heteroatoms. The number of carbonyl (C=O) groups excluding carboxylic acids is 1. The van der Waals surface area contributed by atoms with Gasteiger partial charge in [0, 0.05) is 11.8 Å². The number of esters is 1. The highest BCUT2D eigenvalue weighted by molar-refractivity contribution is 6.37. The highest BCUT2D eigenvalue weighted by Gasteiger charge is 2.54. The van der Waals surface area contributed by atoms with Crippen molar-refractivity contribution >= 4 is 22.6 Å². The molecule has 0 fully saturated rings. The first-order chi connectivity index (χ1) is 14.8. The van der Waals surface area contributed by atoms with Crippen molar-refractivity contribution in [3.63, 3.8) is 0 Å². The van der Waals surface area contributed by atoms with E-state index in [1.807, 2.05) is 0 Å². The molecule has 164 valence electrons. The SMILES string of the molecule is COc1ccc2cc(OC(=O)C3=NO[C@@H]4[C@@H](O)C=C[C@H](O)[C@]4(O)C3)c(=O)[nH]c2c1OC. The van der Waals surface area contributed by atoms with Crippen LogP contribution in [-0.4, -0.2) is 70.1 Å². The van der Waals surface area contributed by atoms with Crippen molar-refractivity contribution in [2.75, 3.05) is 14.2 Å². The van der Waals surface area contributed by atoms with E-state index in [1.54, 1.807) is 12.1 Å². The van der Waals surface area contributed by atoms with Crippen LogP contribution in [0.5, 0.6) is 17.2 Å². The van der Waals surface area contributed by atoms with E-state index in [0.717, 1.165) is 0 Å². The van der Waals surface area contributed by atoms with Crippen molar-refractivity contribution in [2.45, 2.75) is 30.3 Å². The van der Waals surface area contributed by atoms with E-state index in [2.05, 4.69) is 10.1 Å². The predicted molar refractivity (Wildman–Crippen MR) is 106 cm³/mol. The van der Waals surface area contributed by atoms with E-state index >= 15 is 0 Å². The largest absolute Gasteiger partial charge is 0.493 e. The van der Waals surface area contributed by atoms with Gasteiger partial charge in [0.05, 0.1) is 19.7 Å². The lowest BCUT2D eigenvalue weighted by atomic mass is 9.78. The second-order valence-corrected chi connectivity index (χ2v) is 7.17. The molecular formula is C20H20N2O9. The van der Waals surface area contributed by atoms with Gasteiger partial charge in [-0.15, -0.1) is 0 Å². The monoisotopic (exact) mass is 432 g/mol. The molecule has 0 unspecified atom stereocenters. The summed E-state index contributed by atoms with van der Waals surface area (Å²) >= 11 is 0. The van der Waals surface area contributed by atoms with Gasteiger partial charge in [0.2, 0.25) is 0 Å². The number of oxime groups is 1. The maximum atomic E-state index is 12.6. The van der Waals surface area contributed by atoms with E-state index < -0.39 is 41.9 Å². The summed E-state index contributed by atoms with van der Waals surface area (Å²) in [4.78, 5) is 32.7. The van der Waals surface area contributed by atoms with Crippen molar-refractivity contribution in [2.24, 2.45) is 5.16 Å². The molecule has 0 saturated heterocycles. The van der Waals surface area contributed by atoms with Crippen LogP contribution in [0.2, 0.25) is 0 Å². The van der Waals surface area contributed by atoms with Gasteiger partial charge in [-0.2, -0.15) is 0 Å². The van der Waals surface area contributed by atoms with Gasteiger partial charge in [-0.3, -0.25) is 4.79 Å². The molecule has 4 atom stereocenters. The number of carbonyl (C=O) groups is 1. The van der Waals surface area contributed by atoms with Crippen molar-refractivity contribution in [1.82, 2.24) is 4.98 Å². The van der Waals surface area contributed by atoms with Crippen LogP contribution in [0, 0.1) is 0 Å². The third-order valence-corrected chi connectivity index (χ3v) is 5.30. The lowest BCUT2D eigenvalue weighted by molar-refractivity contribution is -0.191. The van der Waals surface area contributed by atoms with Crippen molar-refractivity contribution in [1.29, 1.82) is 0 Å². The number of nitrogens with one attached hydrogen (secondary N) is 1. The molecule has 11 nitrogen and oxygen atoms in total. The maximum Gasteiger partial charge on any atom is 0.361 e. The third kappa shape index (κ3) is 3.42. The van der Waals surface area contributed by atoms with E-state index in [4.69, 9.17) is 19.0 Å². The molecule has 4 rings (SSSR count). The molecular weight excluding hydrogens is 412 g/mol. The zero-order valence-electron chi connectivity index (χ0n) is 16.6. The molecule has 0 bridgehead atoms. The Balaban J connectivity index is 1.62. The van der Waals surface area contributed by atoms with Gasteiger partial charge in [-0.1, -0.05) is 17.3 Å². The smallest absolute Gasteiger partial charge is 0.361 e. The van der Waals surface area contributed by atoms with E-state index in [0.29, 0.717) is 22.4 Å². The number of rotatable bonds is 4. The first-order valence-electron chi connectivity index (χ1n) is 9.28. The van der Waals surface area contributed by atoms with Gasteiger partial charge in [0.25, 0.3) is 5.56 Å². The van der Waals surface area contributed by atoms with Gasteiger partial charge >= 0.3 is 5.97 Å². The molecule has 2 heterocycles. The van der Waals surface area contributed by atoms with Crippen LogP contribution in [0.3, 0.4) is 0 Å². The summed E-state index contributed by atoms with van der Waals surface area (Å²) in [6.07, 6.45) is -1.85. The number of ether oxygens (including phenoxy) is 3. The molecule has 0 spiro atoms. The quantitative estimate of drug-likeness (QED) is 0.373. The molecule has 1 aliphatic heterocycles. The Morgan fingerprint density at radius 3 is 2.71 bits per heavy atom. The van der Waals surface area contributed by atoms with Crippen LogP contribution in [-0.2, 0) is 9.63 Å². The van der Waals surface area contributed by atoms with Gasteiger partial charge in [0.15, 0.2) is 29.1 Å². The number of fused-ring (bicyclic) bond motifs is 2. The maximum absolute atomic E-state index is 12.6. The number of aromatic nitrogens is 1. The van der Waals surface area contributed by atoms with Crippen LogP contribution in [0.4, 0.5) is 0 Å². The van der Waals surface area contributed by atoms with Gasteiger partial charge < -0.3 is 39.4 Å². The Morgan fingerprint density at radius 1 is 1.23 bits per heavy atom. The molecule has 0 saturated carbocycles. The minimum Gasteiger partial charge on any atom is -0.493 e. The fraction of sp³-hybridized carbons (Fsp3) is 0.350. The molecule has 2 aliphatic rings. The topological polar surface area (TPSA) is 160 Å². The van der Waals surface area contributed by atoms with Crippen LogP contribution in [0.1, 0.15) is 6.42 Å². The second-order valence-electron chi connectivity index (χ2n) is 7.17. The number of aliphatic hydroxyl groups excluding tert-OH is 2. The second kappa shape index (κ2) is 7.69. The minimum absolute atomic E-state index is 0.311. The summed E-state index contributed by atoms with van der Waals surface area (Å²) in [7, 11) is 2.88. The molecule has 1 aliphatic carbocycles. The van der Waals surface area contributed by atoms with Gasteiger partial charge in [0.1, 0.15) is 17.8 Å². The molecule has 0 radical (unpaired) electrons. The van der Waals surface area contributed by atoms with E-state index in [9.17, 15) is 24.9 Å². The zero-order chi connectivity index (χ0) is 22.3. The molecule has 1 aromatic carbocycles. The fourth-order valence-electron chi connectivity index (χ4n) is 3.65. The summed E-state index contributed by atoms with van der Waals surface area (Å²) in [5.41, 5.74) is -2.69. The number of methoxy groups -OCH3 is 2. The number of aliphatic hydroxyl groups is 3. The highest BCUT2D eigenvalue weighted by atomic mass is 16.7. The number of aromatic amines is 1. The first kappa shape index (κ1) is 20.8. The molecule has 1 aromatic heterocycles. The van der Waals surface area contributed by atoms with Crippen molar-refractivity contribution in [3.8, 4) is 17.2 Å². The summed E-state index contributed by atoms with van der Waals surface area (Å²) in [5, 5.41) is 34.9. The Kier molecular flexibility index (Phi) is 5.17. The van der Waals surface area contributed by atoms with Crippen LogP contribution < -0.4 is 19.8 Å². The summed E-state index contributed by atoms with van der Waals surface area (Å²) in [6.45, 7) is 0. The van der Waals surface area contributed by atoms with Gasteiger partial charge in [-0.25, -0.2) is 4.79 Å². The Labute approximate surface area is 175 Å². The number of nitrogens with zero attached hydrogens (tertiary/aromatic N) is 1. The molecule has 2 aromatic rings. The van der Waals surface area contributed by atoms with Crippen molar-refractivity contribution < 1.29 is 39.2 Å². The van der Waals surface area contributed by atoms with Gasteiger partial charge in [-0.05, 0) is 18.2 Å². The zero-order valence-corrected chi connectivity index (χ0v) is 16.6. The minimum atomic E-state index is -1.98. The first-order valence-corrected chi connectivity index (χ1v) is 9.28. The number of hydrogen-bond donors (Lipinski definition) is 4. The predicted octanol–water partition coefficient (Wildman–Crippen LogP) is -0.382. The average molecular weight is 432 g/mol. The number of pyridine rings is 1. The van der Waals surface area contributed by atoms with Crippen molar-refractivity contribution in [3.05, 3.63) is 40.7 Å². The Hall–Kier alpha value is -3.41. The summed E-state index contributed by atoms with van der Waals surface area (Å²) < 4.78 is 15.7. The van der Waals surface area contributed by atoms with E-state index in [-0.39, 0.29) is 11.5 Å². The summed E-state index contributed by atoms with van der Waals surface area (Å²) in [5.74, 6) is -0.639. The Bertz CT molecular complexity index is 1160.